The lowest BCUT2D eigenvalue weighted by Gasteiger charge is -2.22. The summed E-state index contributed by atoms with van der Waals surface area (Å²) in [6, 6.07) is 12.1. The first-order valence-electron chi connectivity index (χ1n) is 11.2. The van der Waals surface area contributed by atoms with E-state index in [1.165, 1.54) is 39.1 Å². The van der Waals surface area contributed by atoms with Crippen LogP contribution in [0.3, 0.4) is 0 Å². The minimum absolute atomic E-state index is 0.516. The number of rotatable bonds is 9. The first-order chi connectivity index (χ1) is 14.0. The van der Waals surface area contributed by atoms with Gasteiger partial charge in [0.25, 0.3) is 0 Å². The molecule has 0 aliphatic carbocycles. The Morgan fingerprint density at radius 3 is 2.45 bits per heavy atom. The molecule has 2 heteroatoms. The maximum absolute atomic E-state index is 4.03. The summed E-state index contributed by atoms with van der Waals surface area (Å²) in [6.07, 6.45) is 9.79. The second kappa shape index (κ2) is 9.93. The van der Waals surface area contributed by atoms with Crippen molar-refractivity contribution in [1.29, 1.82) is 0 Å². The van der Waals surface area contributed by atoms with E-state index in [1.807, 2.05) is 0 Å². The average Bonchev–Trinajstić information content (AvgIpc) is 2.74. The molecule has 3 rings (SSSR count). The topological polar surface area (TPSA) is 24.1 Å². The SMILES string of the molecule is C=C1C=Cc2c(CCNC(CC)Cc3ccc(CC)c(CC)c3)ccc(C)c2N1. The predicted molar refractivity (Wildman–Crippen MR) is 128 cm³/mol. The summed E-state index contributed by atoms with van der Waals surface area (Å²) >= 11 is 0. The second-order valence-electron chi connectivity index (χ2n) is 8.14. The third-order valence-corrected chi connectivity index (χ3v) is 6.12. The molecule has 2 N–H and O–H groups in total. The number of anilines is 1. The van der Waals surface area contributed by atoms with E-state index >= 15 is 0 Å². The summed E-state index contributed by atoms with van der Waals surface area (Å²) in [6.45, 7) is 14.0. The average molecular weight is 389 g/mol. The molecule has 154 valence electrons. The van der Waals surface area contributed by atoms with Gasteiger partial charge in [0, 0.05) is 23.0 Å². The molecule has 0 spiro atoms. The first kappa shape index (κ1) is 21.4. The van der Waals surface area contributed by atoms with Gasteiger partial charge in [-0.25, -0.2) is 0 Å². The standard InChI is InChI=1S/C27H36N2/c1-6-22-13-11-21(17-23(22)7-2)18-25(8-3)28-16-15-24-12-9-19(4)27-26(24)14-10-20(5)29-27/h9-14,17,25,28-29H,5-8,15-16,18H2,1-4H3. The summed E-state index contributed by atoms with van der Waals surface area (Å²) in [4.78, 5) is 0. The summed E-state index contributed by atoms with van der Waals surface area (Å²) < 4.78 is 0. The van der Waals surface area contributed by atoms with Gasteiger partial charge in [0.05, 0.1) is 0 Å². The Balaban J connectivity index is 1.62. The normalized spacial score (nSPS) is 13.9. The van der Waals surface area contributed by atoms with Crippen LogP contribution in [-0.4, -0.2) is 12.6 Å². The molecule has 0 saturated carbocycles. The van der Waals surface area contributed by atoms with E-state index in [9.17, 15) is 0 Å². The van der Waals surface area contributed by atoms with Crippen molar-refractivity contribution in [3.8, 4) is 0 Å². The molecule has 2 aromatic rings. The molecule has 1 atom stereocenters. The van der Waals surface area contributed by atoms with Crippen LogP contribution in [0.1, 0.15) is 60.6 Å². The molecule has 0 radical (unpaired) electrons. The predicted octanol–water partition coefficient (Wildman–Crippen LogP) is 6.23. The quantitative estimate of drug-likeness (QED) is 0.532. The summed E-state index contributed by atoms with van der Waals surface area (Å²) in [7, 11) is 0. The largest absolute Gasteiger partial charge is 0.355 e. The second-order valence-corrected chi connectivity index (χ2v) is 8.14. The van der Waals surface area contributed by atoms with Crippen molar-refractivity contribution in [2.75, 3.05) is 11.9 Å². The highest BCUT2D eigenvalue weighted by molar-refractivity contribution is 5.79. The fourth-order valence-corrected chi connectivity index (χ4v) is 4.27. The van der Waals surface area contributed by atoms with Crippen molar-refractivity contribution in [2.45, 2.75) is 65.8 Å². The van der Waals surface area contributed by atoms with Crippen molar-refractivity contribution in [1.82, 2.24) is 5.32 Å². The zero-order valence-electron chi connectivity index (χ0n) is 18.6. The Kier molecular flexibility index (Phi) is 7.33. The number of hydrogen-bond acceptors (Lipinski definition) is 2. The third kappa shape index (κ3) is 5.19. The lowest BCUT2D eigenvalue weighted by Crippen LogP contribution is -2.32. The highest BCUT2D eigenvalue weighted by Crippen LogP contribution is 2.30. The van der Waals surface area contributed by atoms with E-state index in [1.54, 1.807) is 0 Å². The van der Waals surface area contributed by atoms with Gasteiger partial charge < -0.3 is 10.6 Å². The molecule has 2 nitrogen and oxygen atoms in total. The highest BCUT2D eigenvalue weighted by Gasteiger charge is 2.14. The summed E-state index contributed by atoms with van der Waals surface area (Å²) in [5, 5.41) is 7.23. The minimum atomic E-state index is 0.516. The molecule has 2 aromatic carbocycles. The molecule has 0 fully saturated rings. The Morgan fingerprint density at radius 1 is 0.966 bits per heavy atom. The van der Waals surface area contributed by atoms with Gasteiger partial charge in [-0.2, -0.15) is 0 Å². The van der Waals surface area contributed by atoms with Crippen LogP contribution in [0.15, 0.2) is 48.7 Å². The number of hydrogen-bond donors (Lipinski definition) is 2. The molecular weight excluding hydrogens is 352 g/mol. The van der Waals surface area contributed by atoms with Crippen molar-refractivity contribution in [3.63, 3.8) is 0 Å². The van der Waals surface area contributed by atoms with Crippen LogP contribution in [0, 0.1) is 6.92 Å². The molecule has 1 aliphatic heterocycles. The highest BCUT2D eigenvalue weighted by atomic mass is 14.9. The Bertz CT molecular complexity index is 892. The van der Waals surface area contributed by atoms with Crippen LogP contribution in [0.5, 0.6) is 0 Å². The van der Waals surface area contributed by atoms with E-state index in [4.69, 9.17) is 0 Å². The molecule has 29 heavy (non-hydrogen) atoms. The first-order valence-corrected chi connectivity index (χ1v) is 11.2. The van der Waals surface area contributed by atoms with Gasteiger partial charge in [-0.1, -0.05) is 63.8 Å². The maximum atomic E-state index is 4.03. The lowest BCUT2D eigenvalue weighted by molar-refractivity contribution is 0.498. The van der Waals surface area contributed by atoms with Gasteiger partial charge in [0.2, 0.25) is 0 Å². The van der Waals surface area contributed by atoms with E-state index in [-0.39, 0.29) is 0 Å². The van der Waals surface area contributed by atoms with Gasteiger partial charge in [-0.3, -0.25) is 0 Å². The van der Waals surface area contributed by atoms with Gasteiger partial charge in [0.1, 0.15) is 0 Å². The molecule has 1 aliphatic rings. The number of allylic oxidation sites excluding steroid dienone is 1. The fraction of sp³-hybridized carbons (Fsp3) is 0.407. The van der Waals surface area contributed by atoms with Crippen molar-refractivity contribution >= 4 is 11.8 Å². The Hall–Kier alpha value is -2.32. The Morgan fingerprint density at radius 2 is 1.72 bits per heavy atom. The van der Waals surface area contributed by atoms with Crippen LogP contribution in [0.25, 0.3) is 6.08 Å². The molecule has 1 unspecified atom stereocenters. The number of fused-ring (bicyclic) bond motifs is 1. The maximum Gasteiger partial charge on any atom is 0.0490 e. The smallest absolute Gasteiger partial charge is 0.0490 e. The Labute approximate surface area is 177 Å². The molecule has 0 aromatic heterocycles. The van der Waals surface area contributed by atoms with Gasteiger partial charge in [-0.15, -0.1) is 0 Å². The van der Waals surface area contributed by atoms with Crippen LogP contribution in [0.4, 0.5) is 5.69 Å². The zero-order valence-corrected chi connectivity index (χ0v) is 18.6. The molecule has 0 amide bonds. The van der Waals surface area contributed by atoms with Crippen LogP contribution >= 0.6 is 0 Å². The van der Waals surface area contributed by atoms with E-state index in [0.29, 0.717) is 6.04 Å². The van der Waals surface area contributed by atoms with E-state index in [2.05, 4.69) is 87.4 Å². The van der Waals surface area contributed by atoms with Crippen LogP contribution < -0.4 is 10.6 Å². The van der Waals surface area contributed by atoms with E-state index < -0.39 is 0 Å². The molecule has 1 heterocycles. The van der Waals surface area contributed by atoms with E-state index in [0.717, 1.165) is 44.3 Å². The van der Waals surface area contributed by atoms with Gasteiger partial charge in [-0.05, 0) is 79.5 Å². The number of nitrogens with one attached hydrogen (secondary N) is 2. The summed E-state index contributed by atoms with van der Waals surface area (Å²) in [5.74, 6) is 0. The van der Waals surface area contributed by atoms with Gasteiger partial charge in [0.15, 0.2) is 0 Å². The van der Waals surface area contributed by atoms with Crippen molar-refractivity contribution in [2.24, 2.45) is 0 Å². The minimum Gasteiger partial charge on any atom is -0.355 e. The third-order valence-electron chi connectivity index (χ3n) is 6.12. The number of aryl methyl sites for hydroxylation is 3. The summed E-state index contributed by atoms with van der Waals surface area (Å²) in [5.41, 5.74) is 10.6. The molecule has 0 saturated heterocycles. The van der Waals surface area contributed by atoms with Crippen molar-refractivity contribution in [3.05, 3.63) is 82.1 Å². The zero-order chi connectivity index (χ0) is 20.8. The van der Waals surface area contributed by atoms with Crippen molar-refractivity contribution < 1.29 is 0 Å². The number of benzene rings is 2. The lowest BCUT2D eigenvalue weighted by atomic mass is 9.95. The van der Waals surface area contributed by atoms with Crippen LogP contribution in [0.2, 0.25) is 0 Å². The molecule has 0 bridgehead atoms. The van der Waals surface area contributed by atoms with Gasteiger partial charge >= 0.3 is 0 Å². The fourth-order valence-electron chi connectivity index (χ4n) is 4.27. The molecular formula is C27H36N2. The van der Waals surface area contributed by atoms with Crippen LogP contribution in [-0.2, 0) is 25.7 Å². The monoisotopic (exact) mass is 388 g/mol.